The van der Waals surface area contributed by atoms with Crippen molar-refractivity contribution in [2.45, 2.75) is 26.3 Å². The first-order valence-corrected chi connectivity index (χ1v) is 8.64. The molecule has 3 rings (SSSR count). The van der Waals surface area contributed by atoms with Crippen LogP contribution in [0.1, 0.15) is 23.1 Å². The van der Waals surface area contributed by atoms with Crippen LogP contribution in [0.2, 0.25) is 0 Å². The second kappa shape index (κ2) is 6.01. The van der Waals surface area contributed by atoms with Gasteiger partial charge < -0.3 is 10.0 Å². The Balaban J connectivity index is 1.90. The number of rotatable bonds is 2. The number of benzene rings is 2. The Bertz CT molecular complexity index is 661. The van der Waals surface area contributed by atoms with E-state index in [4.69, 9.17) is 0 Å². The maximum absolute atomic E-state index is 9.82. The number of aromatic hydroxyl groups is 1. The van der Waals surface area contributed by atoms with E-state index < -0.39 is 0 Å². The molecule has 4 heteroatoms. The molecule has 0 radical (unpaired) electrons. The highest BCUT2D eigenvalue weighted by atomic mass is 79.9. The van der Waals surface area contributed by atoms with Gasteiger partial charge in [-0.15, -0.1) is 0 Å². The van der Waals surface area contributed by atoms with Crippen LogP contribution in [-0.4, -0.2) is 11.7 Å². The number of anilines is 1. The molecule has 1 aliphatic rings. The number of fused-ring (bicyclic) bond motifs is 1. The summed E-state index contributed by atoms with van der Waals surface area (Å²) < 4.78 is 1.46. The van der Waals surface area contributed by atoms with Gasteiger partial charge in [-0.05, 0) is 81.0 Å². The van der Waals surface area contributed by atoms with E-state index in [2.05, 4.69) is 61.9 Å². The minimum absolute atomic E-state index is 0.258. The summed E-state index contributed by atoms with van der Waals surface area (Å²) in [5, 5.41) is 9.82. The predicted octanol–water partition coefficient (Wildman–Crippen LogP) is 5.18. The average molecular weight is 411 g/mol. The van der Waals surface area contributed by atoms with Gasteiger partial charge in [0.2, 0.25) is 0 Å². The zero-order valence-electron chi connectivity index (χ0n) is 11.9. The van der Waals surface area contributed by atoms with Gasteiger partial charge in [-0.3, -0.25) is 0 Å². The molecule has 0 aromatic heterocycles. The zero-order chi connectivity index (χ0) is 15.0. The van der Waals surface area contributed by atoms with Crippen LogP contribution in [0.15, 0.2) is 39.3 Å². The van der Waals surface area contributed by atoms with Gasteiger partial charge in [0.15, 0.2) is 0 Å². The van der Waals surface area contributed by atoms with E-state index >= 15 is 0 Å². The van der Waals surface area contributed by atoms with E-state index in [9.17, 15) is 5.11 Å². The molecule has 2 aromatic carbocycles. The molecule has 0 unspecified atom stereocenters. The fourth-order valence-electron chi connectivity index (χ4n) is 2.90. The van der Waals surface area contributed by atoms with Gasteiger partial charge in [-0.1, -0.05) is 17.7 Å². The van der Waals surface area contributed by atoms with Gasteiger partial charge in [-0.25, -0.2) is 0 Å². The maximum atomic E-state index is 9.82. The van der Waals surface area contributed by atoms with Crippen LogP contribution in [0.5, 0.6) is 5.75 Å². The normalized spacial score (nSPS) is 14.1. The van der Waals surface area contributed by atoms with Crippen molar-refractivity contribution in [3.8, 4) is 5.75 Å². The smallest absolute Gasteiger partial charge is 0.143 e. The van der Waals surface area contributed by atoms with Crippen molar-refractivity contribution in [2.24, 2.45) is 0 Å². The number of halogens is 2. The van der Waals surface area contributed by atoms with Crippen molar-refractivity contribution in [2.75, 3.05) is 11.4 Å². The summed E-state index contributed by atoms with van der Waals surface area (Å²) in [5.41, 5.74) is 5.29. The van der Waals surface area contributed by atoms with Crippen LogP contribution in [0.3, 0.4) is 0 Å². The van der Waals surface area contributed by atoms with Gasteiger partial charge in [0.1, 0.15) is 5.75 Å². The molecule has 1 heterocycles. The summed E-state index contributed by atoms with van der Waals surface area (Å²) >= 11 is 6.81. The summed E-state index contributed by atoms with van der Waals surface area (Å²) in [7, 11) is 0. The van der Waals surface area contributed by atoms with Gasteiger partial charge in [0, 0.05) is 18.8 Å². The zero-order valence-corrected chi connectivity index (χ0v) is 15.0. The number of phenolic OH excluding ortho intramolecular Hbond substituents is 1. The molecule has 110 valence electrons. The van der Waals surface area contributed by atoms with Crippen molar-refractivity contribution in [3.63, 3.8) is 0 Å². The Morgan fingerprint density at radius 1 is 1.14 bits per heavy atom. The lowest BCUT2D eigenvalue weighted by Crippen LogP contribution is -2.28. The molecule has 1 aliphatic heterocycles. The molecule has 0 bridgehead atoms. The van der Waals surface area contributed by atoms with E-state index in [1.165, 1.54) is 28.8 Å². The topological polar surface area (TPSA) is 23.5 Å². The van der Waals surface area contributed by atoms with Crippen LogP contribution in [0, 0.1) is 6.92 Å². The quantitative estimate of drug-likeness (QED) is 0.737. The van der Waals surface area contributed by atoms with E-state index in [1.54, 1.807) is 0 Å². The highest BCUT2D eigenvalue weighted by molar-refractivity contribution is 9.11. The molecule has 0 saturated carbocycles. The first-order valence-electron chi connectivity index (χ1n) is 7.06. The van der Waals surface area contributed by atoms with Gasteiger partial charge in [-0.2, -0.15) is 0 Å². The lowest BCUT2D eigenvalue weighted by Gasteiger charge is -2.32. The van der Waals surface area contributed by atoms with Gasteiger partial charge in [0.25, 0.3) is 0 Å². The molecule has 0 aliphatic carbocycles. The average Bonchev–Trinajstić information content (AvgIpc) is 2.44. The SMILES string of the molecule is Cc1ccc2c(c1)CCCN2Cc1cc(Br)c(O)c(Br)c1. The Morgan fingerprint density at radius 2 is 1.86 bits per heavy atom. The molecule has 2 aromatic rings. The standard InChI is InChI=1S/C17H17Br2NO/c1-11-4-5-16-13(7-11)3-2-6-20(16)10-12-8-14(18)17(21)15(19)9-12/h4-5,7-9,21H,2-3,6,10H2,1H3. The van der Waals surface area contributed by atoms with Crippen molar-refractivity contribution in [3.05, 3.63) is 56.0 Å². The van der Waals surface area contributed by atoms with Gasteiger partial charge >= 0.3 is 0 Å². The molecule has 2 nitrogen and oxygen atoms in total. The van der Waals surface area contributed by atoms with Crippen LogP contribution in [0.25, 0.3) is 0 Å². The molecular weight excluding hydrogens is 394 g/mol. The van der Waals surface area contributed by atoms with Crippen molar-refractivity contribution in [1.29, 1.82) is 0 Å². The van der Waals surface area contributed by atoms with Crippen LogP contribution < -0.4 is 4.90 Å². The number of nitrogens with zero attached hydrogens (tertiary/aromatic N) is 1. The largest absolute Gasteiger partial charge is 0.506 e. The molecule has 21 heavy (non-hydrogen) atoms. The number of hydrogen-bond donors (Lipinski definition) is 1. The fraction of sp³-hybridized carbons (Fsp3) is 0.294. The summed E-state index contributed by atoms with van der Waals surface area (Å²) in [6.45, 7) is 4.08. The summed E-state index contributed by atoms with van der Waals surface area (Å²) in [6.07, 6.45) is 2.35. The molecule has 0 fully saturated rings. The van der Waals surface area contributed by atoms with E-state index in [-0.39, 0.29) is 5.75 Å². The summed E-state index contributed by atoms with van der Waals surface area (Å²) in [6, 6.07) is 10.7. The summed E-state index contributed by atoms with van der Waals surface area (Å²) in [5.74, 6) is 0.258. The Morgan fingerprint density at radius 3 is 2.57 bits per heavy atom. The van der Waals surface area contributed by atoms with Gasteiger partial charge in [0.05, 0.1) is 8.95 Å². The molecule has 0 atom stereocenters. The fourth-order valence-corrected chi connectivity index (χ4v) is 4.18. The number of aryl methyl sites for hydroxylation is 2. The molecule has 0 spiro atoms. The molecular formula is C17H17Br2NO. The first-order chi connectivity index (χ1) is 10.0. The molecule has 1 N–H and O–H groups in total. The second-order valence-corrected chi connectivity index (χ2v) is 7.27. The van der Waals surface area contributed by atoms with E-state index in [0.717, 1.165) is 28.5 Å². The van der Waals surface area contributed by atoms with Crippen molar-refractivity contribution < 1.29 is 5.11 Å². The summed E-state index contributed by atoms with van der Waals surface area (Å²) in [4.78, 5) is 2.42. The lowest BCUT2D eigenvalue weighted by atomic mass is 9.99. The highest BCUT2D eigenvalue weighted by Gasteiger charge is 2.17. The minimum atomic E-state index is 0.258. The predicted molar refractivity (Wildman–Crippen MR) is 94.1 cm³/mol. The third-order valence-electron chi connectivity index (χ3n) is 3.90. The Kier molecular flexibility index (Phi) is 4.27. The van der Waals surface area contributed by atoms with E-state index in [1.807, 2.05) is 12.1 Å². The van der Waals surface area contributed by atoms with E-state index in [0.29, 0.717) is 0 Å². The van der Waals surface area contributed by atoms with Crippen LogP contribution in [0.4, 0.5) is 5.69 Å². The van der Waals surface area contributed by atoms with Crippen LogP contribution >= 0.6 is 31.9 Å². The molecule has 0 amide bonds. The third kappa shape index (κ3) is 3.11. The highest BCUT2D eigenvalue weighted by Crippen LogP contribution is 2.35. The lowest BCUT2D eigenvalue weighted by molar-refractivity contribution is 0.468. The molecule has 0 saturated heterocycles. The third-order valence-corrected chi connectivity index (χ3v) is 5.11. The van der Waals surface area contributed by atoms with Crippen molar-refractivity contribution >= 4 is 37.5 Å². The number of phenols is 1. The second-order valence-electron chi connectivity index (χ2n) is 5.57. The number of hydrogen-bond acceptors (Lipinski definition) is 2. The Labute approximate surface area is 142 Å². The monoisotopic (exact) mass is 409 g/mol. The maximum Gasteiger partial charge on any atom is 0.143 e. The first kappa shape index (κ1) is 14.9. The Hall–Kier alpha value is -1.000. The van der Waals surface area contributed by atoms with Crippen LogP contribution in [-0.2, 0) is 13.0 Å². The minimum Gasteiger partial charge on any atom is -0.506 e. The van der Waals surface area contributed by atoms with Crippen molar-refractivity contribution in [1.82, 2.24) is 0 Å².